The molecule has 2 N–H and O–H groups in total. The number of rotatable bonds is 4. The lowest BCUT2D eigenvalue weighted by molar-refractivity contribution is 0.271. The summed E-state index contributed by atoms with van der Waals surface area (Å²) in [6.07, 6.45) is 2.18. The molecule has 1 aromatic carbocycles. The predicted molar refractivity (Wildman–Crippen MR) is 76.3 cm³/mol. The highest BCUT2D eigenvalue weighted by atomic mass is 32.2. The van der Waals surface area contributed by atoms with Gasteiger partial charge in [0, 0.05) is 25.3 Å². The molecule has 0 saturated carbocycles. The highest BCUT2D eigenvalue weighted by Crippen LogP contribution is 2.21. The number of likely N-dealkylation sites (tertiary alicyclic amines) is 1. The molecule has 5 nitrogen and oxygen atoms in total. The summed E-state index contributed by atoms with van der Waals surface area (Å²) in [4.78, 5) is 2.47. The first-order chi connectivity index (χ1) is 8.91. The first kappa shape index (κ1) is 14.3. The second-order valence-electron chi connectivity index (χ2n) is 5.13. The van der Waals surface area contributed by atoms with Gasteiger partial charge in [0.15, 0.2) is 0 Å². The third-order valence-electron chi connectivity index (χ3n) is 3.71. The molecular weight excluding hydrogens is 262 g/mol. The number of nitrogen functional groups attached to an aromatic ring is 1. The fraction of sp³-hybridized carbons (Fsp3) is 0.538. The van der Waals surface area contributed by atoms with Crippen molar-refractivity contribution in [3.63, 3.8) is 0 Å². The van der Waals surface area contributed by atoms with E-state index < -0.39 is 10.0 Å². The van der Waals surface area contributed by atoms with E-state index in [0.717, 1.165) is 19.4 Å². The summed E-state index contributed by atoms with van der Waals surface area (Å²) < 4.78 is 26.3. The number of likely N-dealkylation sites (N-methyl/N-ethyl adjacent to an activating group) is 2. The highest BCUT2D eigenvalue weighted by Gasteiger charge is 2.28. The summed E-state index contributed by atoms with van der Waals surface area (Å²) in [5.74, 6) is 0. The summed E-state index contributed by atoms with van der Waals surface area (Å²) in [6.45, 7) is 1.56. The van der Waals surface area contributed by atoms with Gasteiger partial charge in [-0.25, -0.2) is 8.42 Å². The van der Waals surface area contributed by atoms with Crippen LogP contribution in [0.5, 0.6) is 0 Å². The van der Waals surface area contributed by atoms with Crippen molar-refractivity contribution in [2.45, 2.75) is 23.8 Å². The van der Waals surface area contributed by atoms with E-state index in [0.29, 0.717) is 18.3 Å². The van der Waals surface area contributed by atoms with Crippen LogP contribution in [0.4, 0.5) is 5.69 Å². The highest BCUT2D eigenvalue weighted by molar-refractivity contribution is 7.89. The molecule has 0 aromatic heterocycles. The molecule has 1 fully saturated rings. The van der Waals surface area contributed by atoms with Gasteiger partial charge in [-0.2, -0.15) is 4.31 Å². The van der Waals surface area contributed by atoms with Crippen LogP contribution in [0.2, 0.25) is 0 Å². The van der Waals surface area contributed by atoms with Crippen molar-refractivity contribution in [1.82, 2.24) is 9.21 Å². The minimum absolute atomic E-state index is 0.260. The lowest BCUT2D eigenvalue weighted by Crippen LogP contribution is -2.39. The van der Waals surface area contributed by atoms with Crippen LogP contribution in [-0.2, 0) is 10.0 Å². The van der Waals surface area contributed by atoms with Gasteiger partial charge in [-0.15, -0.1) is 0 Å². The Morgan fingerprint density at radius 3 is 2.79 bits per heavy atom. The van der Waals surface area contributed by atoms with E-state index in [-0.39, 0.29) is 4.90 Å². The fourth-order valence-electron chi connectivity index (χ4n) is 2.46. The Labute approximate surface area is 115 Å². The number of hydrogen-bond donors (Lipinski definition) is 1. The van der Waals surface area contributed by atoms with Gasteiger partial charge >= 0.3 is 0 Å². The second-order valence-corrected chi connectivity index (χ2v) is 7.18. The quantitative estimate of drug-likeness (QED) is 0.837. The number of sulfonamides is 1. The van der Waals surface area contributed by atoms with E-state index >= 15 is 0 Å². The van der Waals surface area contributed by atoms with Gasteiger partial charge in [0.2, 0.25) is 10.0 Å². The van der Waals surface area contributed by atoms with Gasteiger partial charge in [0.1, 0.15) is 0 Å². The average molecular weight is 283 g/mol. The van der Waals surface area contributed by atoms with Gasteiger partial charge in [-0.3, -0.25) is 0 Å². The number of anilines is 1. The van der Waals surface area contributed by atoms with E-state index in [2.05, 4.69) is 4.90 Å². The molecule has 0 aliphatic carbocycles. The summed E-state index contributed by atoms with van der Waals surface area (Å²) in [5, 5.41) is 0. The van der Waals surface area contributed by atoms with Crippen LogP contribution in [0.1, 0.15) is 12.8 Å². The van der Waals surface area contributed by atoms with Crippen molar-refractivity contribution in [2.24, 2.45) is 0 Å². The minimum Gasteiger partial charge on any atom is -0.399 e. The number of hydrogen-bond acceptors (Lipinski definition) is 4. The van der Waals surface area contributed by atoms with Crippen molar-refractivity contribution in [3.8, 4) is 0 Å². The molecule has 0 spiro atoms. The van der Waals surface area contributed by atoms with Crippen molar-refractivity contribution in [3.05, 3.63) is 24.3 Å². The van der Waals surface area contributed by atoms with Gasteiger partial charge < -0.3 is 10.6 Å². The molecule has 1 aliphatic rings. The molecule has 1 aromatic rings. The Balaban J connectivity index is 2.15. The summed E-state index contributed by atoms with van der Waals surface area (Å²) in [5.41, 5.74) is 6.12. The van der Waals surface area contributed by atoms with Crippen molar-refractivity contribution in [2.75, 3.05) is 32.9 Å². The predicted octanol–water partition coefficient (Wildman–Crippen LogP) is 0.983. The maximum absolute atomic E-state index is 12.4. The normalized spacial score (nSPS) is 21.1. The van der Waals surface area contributed by atoms with Crippen LogP contribution in [0.3, 0.4) is 0 Å². The Hall–Kier alpha value is -1.11. The minimum atomic E-state index is -3.45. The summed E-state index contributed by atoms with van der Waals surface area (Å²) >= 11 is 0. The average Bonchev–Trinajstić information content (AvgIpc) is 2.75. The SMILES string of the molecule is CN1CCCC1CN(C)S(=O)(=O)c1cccc(N)c1. The van der Waals surface area contributed by atoms with E-state index in [1.165, 1.54) is 10.4 Å². The Morgan fingerprint density at radius 1 is 1.47 bits per heavy atom. The van der Waals surface area contributed by atoms with Crippen LogP contribution in [0.25, 0.3) is 0 Å². The molecule has 0 bridgehead atoms. The molecule has 0 amide bonds. The number of benzene rings is 1. The van der Waals surface area contributed by atoms with E-state index in [1.807, 2.05) is 7.05 Å². The van der Waals surface area contributed by atoms with E-state index in [1.54, 1.807) is 25.2 Å². The van der Waals surface area contributed by atoms with Crippen molar-refractivity contribution >= 4 is 15.7 Å². The third kappa shape index (κ3) is 3.08. The lowest BCUT2D eigenvalue weighted by Gasteiger charge is -2.25. The molecule has 1 heterocycles. The third-order valence-corrected chi connectivity index (χ3v) is 5.53. The lowest BCUT2D eigenvalue weighted by atomic mass is 10.2. The van der Waals surface area contributed by atoms with Crippen LogP contribution in [0, 0.1) is 0 Å². The maximum atomic E-state index is 12.4. The smallest absolute Gasteiger partial charge is 0.242 e. The summed E-state index contributed by atoms with van der Waals surface area (Å²) in [6, 6.07) is 6.74. The molecule has 1 aliphatic heterocycles. The topological polar surface area (TPSA) is 66.6 Å². The van der Waals surface area contributed by atoms with Gasteiger partial charge in [-0.1, -0.05) is 6.07 Å². The fourth-order valence-corrected chi connectivity index (χ4v) is 3.72. The molecule has 106 valence electrons. The van der Waals surface area contributed by atoms with Gasteiger partial charge in [-0.05, 0) is 44.6 Å². The van der Waals surface area contributed by atoms with Crippen LogP contribution in [0.15, 0.2) is 29.2 Å². The van der Waals surface area contributed by atoms with Crippen LogP contribution in [-0.4, -0.2) is 50.8 Å². The molecule has 1 unspecified atom stereocenters. The first-order valence-electron chi connectivity index (χ1n) is 6.43. The Kier molecular flexibility index (Phi) is 4.13. The van der Waals surface area contributed by atoms with Crippen LogP contribution < -0.4 is 5.73 Å². The molecule has 1 atom stereocenters. The first-order valence-corrected chi connectivity index (χ1v) is 7.87. The molecule has 19 heavy (non-hydrogen) atoms. The van der Waals surface area contributed by atoms with Gasteiger partial charge in [0.05, 0.1) is 4.90 Å². The molecule has 1 saturated heterocycles. The number of nitrogens with two attached hydrogens (primary N) is 1. The second kappa shape index (κ2) is 5.48. The van der Waals surface area contributed by atoms with Crippen molar-refractivity contribution in [1.29, 1.82) is 0 Å². The van der Waals surface area contributed by atoms with Crippen molar-refractivity contribution < 1.29 is 8.42 Å². The zero-order valence-corrected chi connectivity index (χ0v) is 12.2. The Bertz CT molecular complexity index is 545. The molecular formula is C13H21N3O2S. The zero-order valence-electron chi connectivity index (χ0n) is 11.4. The number of nitrogens with zero attached hydrogens (tertiary/aromatic N) is 2. The van der Waals surface area contributed by atoms with E-state index in [4.69, 9.17) is 5.73 Å². The van der Waals surface area contributed by atoms with Gasteiger partial charge in [0.25, 0.3) is 0 Å². The molecule has 2 rings (SSSR count). The molecule has 0 radical (unpaired) electrons. The zero-order chi connectivity index (χ0) is 14.0. The maximum Gasteiger partial charge on any atom is 0.242 e. The standard InChI is InChI=1S/C13H21N3O2S/c1-15-8-4-6-12(15)10-16(2)19(17,18)13-7-3-5-11(14)9-13/h3,5,7,9,12H,4,6,8,10,14H2,1-2H3. The van der Waals surface area contributed by atoms with Crippen LogP contribution >= 0.6 is 0 Å². The largest absolute Gasteiger partial charge is 0.399 e. The monoisotopic (exact) mass is 283 g/mol. The summed E-state index contributed by atoms with van der Waals surface area (Å²) in [7, 11) is 0.224. The molecule has 6 heteroatoms. The van der Waals surface area contributed by atoms with E-state index in [9.17, 15) is 8.42 Å². The Morgan fingerprint density at radius 2 is 2.21 bits per heavy atom.